The lowest BCUT2D eigenvalue weighted by molar-refractivity contribution is 0.0307. The van der Waals surface area contributed by atoms with Gasteiger partial charge in [-0.15, -0.1) is 10.2 Å². The van der Waals surface area contributed by atoms with Crippen LogP contribution in [-0.4, -0.2) is 45.1 Å². The molecule has 1 aromatic carbocycles. The highest BCUT2D eigenvalue weighted by molar-refractivity contribution is 6.29. The predicted molar refractivity (Wildman–Crippen MR) is 97.9 cm³/mol. The third kappa shape index (κ3) is 3.34. The monoisotopic (exact) mass is 405 g/mol. The van der Waals surface area contributed by atoms with Crippen molar-refractivity contribution >= 4 is 28.2 Å². The molecule has 0 spiro atoms. The Morgan fingerprint density at radius 1 is 1.11 bits per heavy atom. The van der Waals surface area contributed by atoms with Gasteiger partial charge >= 0.3 is 5.92 Å². The fourth-order valence-corrected chi connectivity index (χ4v) is 2.86. The number of fused-ring (bicyclic) bond motifs is 2. The SMILES string of the molecule is COCCOc1cnc2ccc(C(F)(F)c3nnc4ccc(Cl)nn34)cc2c1. The van der Waals surface area contributed by atoms with Crippen LogP contribution in [0, 0.1) is 0 Å². The van der Waals surface area contributed by atoms with Gasteiger partial charge in [-0.2, -0.15) is 18.4 Å². The van der Waals surface area contributed by atoms with Crippen LogP contribution in [-0.2, 0) is 10.7 Å². The van der Waals surface area contributed by atoms with E-state index >= 15 is 8.78 Å². The number of halogens is 3. The molecule has 0 atom stereocenters. The maximum Gasteiger partial charge on any atom is 0.333 e. The summed E-state index contributed by atoms with van der Waals surface area (Å²) in [5, 5.41) is 11.8. The first-order valence-electron chi connectivity index (χ1n) is 8.27. The second-order valence-corrected chi connectivity index (χ2v) is 6.33. The van der Waals surface area contributed by atoms with E-state index in [2.05, 4.69) is 20.3 Å². The van der Waals surface area contributed by atoms with E-state index in [4.69, 9.17) is 21.1 Å². The van der Waals surface area contributed by atoms with Gasteiger partial charge in [-0.1, -0.05) is 17.7 Å². The number of ether oxygens (including phenoxy) is 2. The van der Waals surface area contributed by atoms with Crippen molar-refractivity contribution in [2.24, 2.45) is 0 Å². The van der Waals surface area contributed by atoms with E-state index < -0.39 is 11.7 Å². The molecule has 3 heterocycles. The molecular formula is C18H14ClF2N5O2. The van der Waals surface area contributed by atoms with Gasteiger partial charge in [0, 0.05) is 18.1 Å². The maximum atomic E-state index is 15.2. The van der Waals surface area contributed by atoms with Gasteiger partial charge in [0.2, 0.25) is 5.82 Å². The summed E-state index contributed by atoms with van der Waals surface area (Å²) in [6.07, 6.45) is 1.54. The third-order valence-corrected chi connectivity index (χ3v) is 4.29. The van der Waals surface area contributed by atoms with Gasteiger partial charge in [-0.3, -0.25) is 4.98 Å². The number of hydrogen-bond acceptors (Lipinski definition) is 6. The van der Waals surface area contributed by atoms with Crippen LogP contribution in [0.3, 0.4) is 0 Å². The molecule has 0 aliphatic rings. The molecule has 4 rings (SSSR count). The number of benzene rings is 1. The fourth-order valence-electron chi connectivity index (χ4n) is 2.72. The van der Waals surface area contributed by atoms with E-state index in [1.165, 1.54) is 36.5 Å². The highest BCUT2D eigenvalue weighted by Crippen LogP contribution is 2.36. The van der Waals surface area contributed by atoms with Crippen molar-refractivity contribution in [3.05, 3.63) is 59.1 Å². The molecule has 3 aromatic heterocycles. The zero-order chi connectivity index (χ0) is 19.7. The minimum Gasteiger partial charge on any atom is -0.490 e. The second-order valence-electron chi connectivity index (χ2n) is 5.94. The second kappa shape index (κ2) is 7.25. The predicted octanol–water partition coefficient (Wildman–Crippen LogP) is 3.49. The topological polar surface area (TPSA) is 74.4 Å². The van der Waals surface area contributed by atoms with Gasteiger partial charge < -0.3 is 9.47 Å². The van der Waals surface area contributed by atoms with Gasteiger partial charge in [-0.25, -0.2) is 0 Å². The molecule has 0 saturated carbocycles. The quantitative estimate of drug-likeness (QED) is 0.457. The molecular weight excluding hydrogens is 392 g/mol. The Kier molecular flexibility index (Phi) is 4.78. The first kappa shape index (κ1) is 18.5. The Morgan fingerprint density at radius 2 is 1.96 bits per heavy atom. The Bertz CT molecular complexity index is 1150. The summed E-state index contributed by atoms with van der Waals surface area (Å²) in [7, 11) is 1.56. The highest BCUT2D eigenvalue weighted by Gasteiger charge is 2.40. The fraction of sp³-hybridized carbons (Fsp3) is 0.222. The molecule has 4 aromatic rings. The largest absolute Gasteiger partial charge is 0.490 e. The number of methoxy groups -OCH3 is 1. The lowest BCUT2D eigenvalue weighted by Crippen LogP contribution is -2.20. The van der Waals surface area contributed by atoms with Gasteiger partial charge in [0.15, 0.2) is 5.65 Å². The van der Waals surface area contributed by atoms with E-state index in [-0.39, 0.29) is 16.4 Å². The number of aromatic nitrogens is 5. The zero-order valence-corrected chi connectivity index (χ0v) is 15.4. The van der Waals surface area contributed by atoms with E-state index in [1.54, 1.807) is 13.2 Å². The third-order valence-electron chi connectivity index (χ3n) is 4.09. The Hall–Kier alpha value is -2.91. The Balaban J connectivity index is 1.74. The number of hydrogen-bond donors (Lipinski definition) is 0. The molecule has 0 saturated heterocycles. The van der Waals surface area contributed by atoms with Crippen LogP contribution in [0.5, 0.6) is 5.75 Å². The lowest BCUT2D eigenvalue weighted by Gasteiger charge is -2.15. The highest BCUT2D eigenvalue weighted by atomic mass is 35.5. The molecule has 0 bridgehead atoms. The van der Waals surface area contributed by atoms with E-state index in [0.717, 1.165) is 4.52 Å². The average Bonchev–Trinajstić information content (AvgIpc) is 3.11. The van der Waals surface area contributed by atoms with Crippen LogP contribution in [0.2, 0.25) is 5.15 Å². The molecule has 0 aliphatic heterocycles. The summed E-state index contributed by atoms with van der Waals surface area (Å²) in [6, 6.07) is 8.73. The van der Waals surface area contributed by atoms with Gasteiger partial charge in [0.1, 0.15) is 17.5 Å². The van der Waals surface area contributed by atoms with Crippen LogP contribution in [0.4, 0.5) is 8.78 Å². The van der Waals surface area contributed by atoms with Crippen molar-refractivity contribution < 1.29 is 18.3 Å². The van der Waals surface area contributed by atoms with Crippen molar-refractivity contribution in [2.45, 2.75) is 5.92 Å². The normalized spacial score (nSPS) is 12.0. The number of rotatable bonds is 6. The van der Waals surface area contributed by atoms with Crippen LogP contribution in [0.15, 0.2) is 42.6 Å². The molecule has 0 radical (unpaired) electrons. The van der Waals surface area contributed by atoms with Crippen LogP contribution >= 0.6 is 11.6 Å². The average molecular weight is 406 g/mol. The first-order chi connectivity index (χ1) is 13.5. The summed E-state index contributed by atoms with van der Waals surface area (Å²) in [4.78, 5) is 4.23. The maximum absolute atomic E-state index is 15.2. The Labute approximate surface area is 162 Å². The van der Waals surface area contributed by atoms with Crippen molar-refractivity contribution in [3.8, 4) is 5.75 Å². The van der Waals surface area contributed by atoms with Gasteiger partial charge in [0.25, 0.3) is 0 Å². The van der Waals surface area contributed by atoms with Crippen LogP contribution in [0.25, 0.3) is 16.6 Å². The zero-order valence-electron chi connectivity index (χ0n) is 14.6. The van der Waals surface area contributed by atoms with E-state index in [1.807, 2.05) is 0 Å². The summed E-state index contributed by atoms with van der Waals surface area (Å²) in [5.41, 5.74) is 0.466. The van der Waals surface area contributed by atoms with Crippen molar-refractivity contribution in [2.75, 3.05) is 20.3 Å². The number of alkyl halides is 2. The molecule has 0 amide bonds. The lowest BCUT2D eigenvalue weighted by atomic mass is 10.0. The van der Waals surface area contributed by atoms with Crippen LogP contribution in [0.1, 0.15) is 11.4 Å². The smallest absolute Gasteiger partial charge is 0.333 e. The summed E-state index contributed by atoms with van der Waals surface area (Å²) >= 11 is 5.83. The van der Waals surface area contributed by atoms with Crippen molar-refractivity contribution in [1.29, 1.82) is 0 Å². The summed E-state index contributed by atoms with van der Waals surface area (Å²) in [5.74, 6) is -3.60. The molecule has 0 N–H and O–H groups in total. The summed E-state index contributed by atoms with van der Waals surface area (Å²) < 4.78 is 41.7. The van der Waals surface area contributed by atoms with Crippen LogP contribution < -0.4 is 4.74 Å². The minimum absolute atomic E-state index is 0.0601. The van der Waals surface area contributed by atoms with Crippen molar-refractivity contribution in [3.63, 3.8) is 0 Å². The van der Waals surface area contributed by atoms with E-state index in [9.17, 15) is 0 Å². The van der Waals surface area contributed by atoms with E-state index in [0.29, 0.717) is 29.9 Å². The molecule has 0 fully saturated rings. The summed E-state index contributed by atoms with van der Waals surface area (Å²) in [6.45, 7) is 0.739. The first-order valence-corrected chi connectivity index (χ1v) is 8.65. The molecule has 0 aliphatic carbocycles. The minimum atomic E-state index is -3.45. The van der Waals surface area contributed by atoms with Gasteiger partial charge in [-0.05, 0) is 30.3 Å². The number of nitrogens with zero attached hydrogens (tertiary/aromatic N) is 5. The van der Waals surface area contributed by atoms with Gasteiger partial charge in [0.05, 0.1) is 18.3 Å². The molecule has 28 heavy (non-hydrogen) atoms. The molecule has 10 heteroatoms. The van der Waals surface area contributed by atoms with Crippen molar-refractivity contribution in [1.82, 2.24) is 24.8 Å². The standard InChI is InChI=1S/C18H14ClF2N5O2/c1-27-6-7-28-13-9-11-8-12(2-3-14(11)22-10-13)18(20,21)17-24-23-16-5-4-15(19)25-26(16)17/h2-5,8-10H,6-7H2,1H3. The molecule has 144 valence electrons. The number of pyridine rings is 1. The molecule has 7 nitrogen and oxygen atoms in total. The molecule has 0 unspecified atom stereocenters. The Morgan fingerprint density at radius 3 is 2.79 bits per heavy atom.